The van der Waals surface area contributed by atoms with Crippen molar-refractivity contribution in [1.29, 1.82) is 0 Å². The molecule has 7 heteroatoms. The van der Waals surface area contributed by atoms with Crippen molar-refractivity contribution in [1.82, 2.24) is 0 Å². The third kappa shape index (κ3) is 7.45. The van der Waals surface area contributed by atoms with Crippen LogP contribution >= 0.6 is 21.6 Å². The van der Waals surface area contributed by atoms with Crippen LogP contribution in [0.25, 0.3) is 0 Å². The van der Waals surface area contributed by atoms with Crippen LogP contribution in [0.15, 0.2) is 0 Å². The quantitative estimate of drug-likeness (QED) is 0.338. The van der Waals surface area contributed by atoms with E-state index in [2.05, 4.69) is 0 Å². The fourth-order valence-corrected chi connectivity index (χ4v) is 2.72. The van der Waals surface area contributed by atoms with Crippen LogP contribution in [0.3, 0.4) is 0 Å². The van der Waals surface area contributed by atoms with Crippen LogP contribution in [0.4, 0.5) is 0 Å². The summed E-state index contributed by atoms with van der Waals surface area (Å²) in [6.07, 6.45) is -1.87. The summed E-state index contributed by atoms with van der Waals surface area (Å²) in [7, 11) is 2.71. The first-order valence-electron chi connectivity index (χ1n) is 4.02. The van der Waals surface area contributed by atoms with E-state index in [0.29, 0.717) is 11.5 Å². The molecule has 0 bridgehead atoms. The normalized spacial score (nSPS) is 15.1. The molecule has 0 heterocycles. The van der Waals surface area contributed by atoms with Gasteiger partial charge in [0, 0.05) is 11.5 Å². The number of carboxylic acids is 1. The Labute approximate surface area is 89.9 Å². The zero-order valence-corrected chi connectivity index (χ0v) is 9.13. The van der Waals surface area contributed by atoms with Crippen LogP contribution in [-0.4, -0.2) is 56.7 Å². The number of hydrogen-bond acceptors (Lipinski definition) is 6. The smallest absolute Gasteiger partial charge is 0.332 e. The maximum Gasteiger partial charge on any atom is 0.332 e. The zero-order chi connectivity index (χ0) is 11.0. The van der Waals surface area contributed by atoms with Gasteiger partial charge in [-0.1, -0.05) is 21.6 Å². The molecule has 0 aliphatic heterocycles. The molecule has 14 heavy (non-hydrogen) atoms. The second-order valence-electron chi connectivity index (χ2n) is 2.59. The highest BCUT2D eigenvalue weighted by Gasteiger charge is 2.12. The molecule has 0 fully saturated rings. The third-order valence-electron chi connectivity index (χ3n) is 1.31. The van der Waals surface area contributed by atoms with E-state index in [-0.39, 0.29) is 13.0 Å². The summed E-state index contributed by atoms with van der Waals surface area (Å²) in [5, 5.41) is 34.6. The van der Waals surface area contributed by atoms with Gasteiger partial charge in [-0.15, -0.1) is 0 Å². The van der Waals surface area contributed by atoms with Crippen LogP contribution in [0, 0.1) is 0 Å². The van der Waals surface area contributed by atoms with Crippen LogP contribution in [0.5, 0.6) is 0 Å². The molecule has 0 aromatic carbocycles. The van der Waals surface area contributed by atoms with Crippen molar-refractivity contribution in [2.24, 2.45) is 0 Å². The van der Waals surface area contributed by atoms with Gasteiger partial charge in [0.15, 0.2) is 6.10 Å². The fraction of sp³-hybridized carbons (Fsp3) is 0.857. The highest BCUT2D eigenvalue weighted by atomic mass is 33.1. The minimum absolute atomic E-state index is 0.183. The van der Waals surface area contributed by atoms with E-state index in [1.54, 1.807) is 0 Å². The third-order valence-corrected chi connectivity index (χ3v) is 3.81. The number of carboxylic acid groups (broad SMARTS) is 1. The van der Waals surface area contributed by atoms with Gasteiger partial charge in [0.05, 0.1) is 12.7 Å². The Kier molecular flexibility index (Phi) is 8.40. The molecule has 0 amide bonds. The Bertz CT molecular complexity index is 166. The van der Waals surface area contributed by atoms with Gasteiger partial charge in [-0.2, -0.15) is 0 Å². The number of carbonyl (C=O) groups is 1. The summed E-state index contributed by atoms with van der Waals surface area (Å²) >= 11 is 0. The van der Waals surface area contributed by atoms with E-state index in [1.165, 1.54) is 21.6 Å². The Hall–Kier alpha value is 0.0500. The summed E-state index contributed by atoms with van der Waals surface area (Å²) < 4.78 is 0. The van der Waals surface area contributed by atoms with Crippen LogP contribution in [0.2, 0.25) is 0 Å². The molecule has 0 saturated carbocycles. The minimum Gasteiger partial charge on any atom is -0.479 e. The molecule has 0 saturated heterocycles. The van der Waals surface area contributed by atoms with E-state index in [1.807, 2.05) is 0 Å². The van der Waals surface area contributed by atoms with Crippen molar-refractivity contribution in [2.45, 2.75) is 18.6 Å². The first-order chi connectivity index (χ1) is 6.57. The van der Waals surface area contributed by atoms with Gasteiger partial charge in [-0.25, -0.2) is 4.79 Å². The number of hydrogen-bond donors (Lipinski definition) is 4. The summed E-state index contributed by atoms with van der Waals surface area (Å²) in [4.78, 5) is 10.2. The molecular formula is C7H14O5S2. The van der Waals surface area contributed by atoms with E-state index in [0.717, 1.165) is 0 Å². The zero-order valence-electron chi connectivity index (χ0n) is 7.50. The summed E-state index contributed by atoms with van der Waals surface area (Å²) in [6.45, 7) is -0.273. The molecule has 0 aromatic heterocycles. The summed E-state index contributed by atoms with van der Waals surface area (Å²) in [5.41, 5.74) is 0. The molecule has 84 valence electrons. The van der Waals surface area contributed by atoms with Crippen molar-refractivity contribution in [3.63, 3.8) is 0 Å². The second kappa shape index (κ2) is 8.37. The Morgan fingerprint density at radius 1 is 1.29 bits per heavy atom. The van der Waals surface area contributed by atoms with Crippen molar-refractivity contribution < 1.29 is 25.2 Å². The summed E-state index contributed by atoms with van der Waals surface area (Å²) in [5.74, 6) is -0.327. The molecule has 0 aliphatic rings. The van der Waals surface area contributed by atoms with Gasteiger partial charge in [-0.05, 0) is 6.42 Å². The standard InChI is InChI=1S/C7H14O5S2/c8-3-5(9)4-14-13-2-1-6(10)7(11)12/h5-6,8-10H,1-4H2,(H,11,12). The van der Waals surface area contributed by atoms with E-state index >= 15 is 0 Å². The molecule has 0 aromatic rings. The molecule has 4 N–H and O–H groups in total. The predicted molar refractivity (Wildman–Crippen MR) is 56.3 cm³/mol. The number of aliphatic hydroxyl groups is 3. The second-order valence-corrected chi connectivity index (χ2v) is 5.21. The van der Waals surface area contributed by atoms with Gasteiger partial charge >= 0.3 is 5.97 Å². The number of rotatable bonds is 8. The SMILES string of the molecule is O=C(O)C(O)CCSSCC(O)CO. The Morgan fingerprint density at radius 3 is 2.43 bits per heavy atom. The predicted octanol–water partition coefficient (Wildman–Crippen LogP) is -0.443. The van der Waals surface area contributed by atoms with E-state index in [4.69, 9.17) is 20.4 Å². The van der Waals surface area contributed by atoms with Gasteiger partial charge in [0.2, 0.25) is 0 Å². The molecule has 0 radical (unpaired) electrons. The number of aliphatic hydroxyl groups excluding tert-OH is 3. The molecule has 2 atom stereocenters. The fourth-order valence-electron chi connectivity index (χ4n) is 0.522. The molecule has 0 spiro atoms. The molecule has 5 nitrogen and oxygen atoms in total. The van der Waals surface area contributed by atoms with Gasteiger partial charge < -0.3 is 20.4 Å². The minimum atomic E-state index is -1.31. The average molecular weight is 242 g/mol. The summed E-state index contributed by atoms with van der Waals surface area (Å²) in [6, 6.07) is 0. The molecular weight excluding hydrogens is 228 g/mol. The first-order valence-corrected chi connectivity index (χ1v) is 6.51. The van der Waals surface area contributed by atoms with Gasteiger partial charge in [0.25, 0.3) is 0 Å². The van der Waals surface area contributed by atoms with E-state index < -0.39 is 18.2 Å². The Morgan fingerprint density at radius 2 is 1.93 bits per heavy atom. The largest absolute Gasteiger partial charge is 0.479 e. The monoisotopic (exact) mass is 242 g/mol. The lowest BCUT2D eigenvalue weighted by atomic mass is 10.3. The van der Waals surface area contributed by atoms with Crippen LogP contribution in [0.1, 0.15) is 6.42 Å². The maximum atomic E-state index is 10.2. The van der Waals surface area contributed by atoms with Crippen molar-refractivity contribution in [3.05, 3.63) is 0 Å². The highest BCUT2D eigenvalue weighted by Crippen LogP contribution is 2.23. The number of aliphatic carboxylic acids is 1. The maximum absolute atomic E-state index is 10.2. The lowest BCUT2D eigenvalue weighted by Crippen LogP contribution is -2.19. The van der Waals surface area contributed by atoms with Crippen molar-refractivity contribution in [2.75, 3.05) is 18.1 Å². The topological polar surface area (TPSA) is 98.0 Å². The van der Waals surface area contributed by atoms with Crippen molar-refractivity contribution in [3.8, 4) is 0 Å². The van der Waals surface area contributed by atoms with Gasteiger partial charge in [0.1, 0.15) is 0 Å². The van der Waals surface area contributed by atoms with E-state index in [9.17, 15) is 4.79 Å². The molecule has 2 unspecified atom stereocenters. The highest BCUT2D eigenvalue weighted by molar-refractivity contribution is 8.76. The lowest BCUT2D eigenvalue weighted by molar-refractivity contribution is -0.146. The van der Waals surface area contributed by atoms with Crippen LogP contribution < -0.4 is 0 Å². The van der Waals surface area contributed by atoms with Gasteiger partial charge in [-0.3, -0.25) is 0 Å². The lowest BCUT2D eigenvalue weighted by Gasteiger charge is -2.06. The first kappa shape index (κ1) is 14.1. The van der Waals surface area contributed by atoms with Crippen molar-refractivity contribution >= 4 is 27.6 Å². The Balaban J connectivity index is 3.25. The molecule has 0 rings (SSSR count). The average Bonchev–Trinajstić information content (AvgIpc) is 2.16. The molecule has 0 aliphatic carbocycles. The van der Waals surface area contributed by atoms with Crippen LogP contribution in [-0.2, 0) is 4.79 Å².